The van der Waals surface area contributed by atoms with E-state index in [0.717, 1.165) is 52.4 Å². The van der Waals surface area contributed by atoms with Gasteiger partial charge in [-0.2, -0.15) is 5.10 Å². The summed E-state index contributed by atoms with van der Waals surface area (Å²) >= 11 is 6.54. The molecule has 6 heterocycles. The molecule has 11 nitrogen and oxygen atoms in total. The van der Waals surface area contributed by atoms with Gasteiger partial charge in [0.15, 0.2) is 11.3 Å². The van der Waals surface area contributed by atoms with Crippen LogP contribution in [0.3, 0.4) is 0 Å². The van der Waals surface area contributed by atoms with Crippen molar-refractivity contribution in [3.63, 3.8) is 0 Å². The van der Waals surface area contributed by atoms with Gasteiger partial charge in [-0.3, -0.25) is 14.8 Å². The Balaban J connectivity index is 0.000000217. The minimum absolute atomic E-state index is 0. The molecule has 304 valence electrons. The van der Waals surface area contributed by atoms with Crippen molar-refractivity contribution < 1.29 is 9.53 Å². The second kappa shape index (κ2) is 18.8. The first-order chi connectivity index (χ1) is 27.1. The third kappa shape index (κ3) is 8.82. The number of hydrogen-bond donors (Lipinski definition) is 2. The summed E-state index contributed by atoms with van der Waals surface area (Å²) in [6, 6.07) is 30.1. The number of amides is 1. The molecule has 3 aromatic carbocycles. The van der Waals surface area contributed by atoms with E-state index >= 15 is 0 Å². The first-order valence-corrected chi connectivity index (χ1v) is 19.5. The summed E-state index contributed by atoms with van der Waals surface area (Å²) in [7, 11) is 0. The maximum Gasteiger partial charge on any atom is 0.410 e. The van der Waals surface area contributed by atoms with Crippen LogP contribution >= 0.6 is 24.0 Å². The number of halogens is 2. The molecular weight excluding hydrogens is 771 g/mol. The van der Waals surface area contributed by atoms with Gasteiger partial charge in [-0.15, -0.1) is 12.4 Å². The number of fused-ring (bicyclic) bond motifs is 4. The third-order valence-electron chi connectivity index (χ3n) is 10.6. The molecular formula is C45H52Cl2N8O3. The highest BCUT2D eigenvalue weighted by Crippen LogP contribution is 2.34. The SMILES string of the molecule is C.CC.Cc1nc2cc([C@@H]3Cc4ccccc4CN3)[nH]n2c(=O)c1C.Cc1nc2cc([C@@H]3Cc4ccccc4CN3C(=O)OCc3ccccc3)nn2c(Cl)c1C.Cl. The number of carbonyl (C=O) groups is 1. The van der Waals surface area contributed by atoms with E-state index in [2.05, 4.69) is 56.8 Å². The van der Waals surface area contributed by atoms with Crippen molar-refractivity contribution in [1.29, 1.82) is 0 Å². The Morgan fingerprint density at radius 3 is 2.12 bits per heavy atom. The fourth-order valence-electron chi connectivity index (χ4n) is 7.21. The van der Waals surface area contributed by atoms with Crippen molar-refractivity contribution in [3.05, 3.63) is 168 Å². The van der Waals surface area contributed by atoms with Crippen molar-refractivity contribution in [2.75, 3.05) is 0 Å². The van der Waals surface area contributed by atoms with Crippen molar-refractivity contribution in [2.45, 2.75) is 93.6 Å². The quantitative estimate of drug-likeness (QED) is 0.170. The van der Waals surface area contributed by atoms with Crippen LogP contribution in [0.25, 0.3) is 11.3 Å². The lowest BCUT2D eigenvalue weighted by molar-refractivity contribution is 0.0719. The summed E-state index contributed by atoms with van der Waals surface area (Å²) in [5.41, 5.74) is 12.3. The molecule has 0 unspecified atom stereocenters. The number of benzene rings is 3. The zero-order valence-electron chi connectivity index (χ0n) is 33.0. The number of aromatic nitrogens is 6. The van der Waals surface area contributed by atoms with E-state index in [1.807, 2.05) is 96.1 Å². The standard InChI is InChI=1S/C25H23ClN4O2.C17H18N4O.C2H6.CH4.ClH/c1-16-17(2)27-23-13-21(28-30(23)24(16)26)22-12-19-10-6-7-11-20(19)14-29(22)25(31)32-15-18-8-4-3-5-9-18;1-10-11(2)19-16-8-15(20-21(16)17(10)22)14-7-12-5-3-4-6-13(12)9-18-14;1-2;;/h3-11,13,22H,12,14-15H2,1-2H3;3-6,8,14,18,20H,7,9H2,1-2H3;1-2H3;1H4;1H/t22-;14-;;;/m00.../s1. The van der Waals surface area contributed by atoms with Gasteiger partial charge in [-0.05, 0) is 68.4 Å². The highest BCUT2D eigenvalue weighted by atomic mass is 35.5. The molecule has 0 saturated heterocycles. The number of carbonyl (C=O) groups excluding carboxylic acids is 1. The lowest BCUT2D eigenvalue weighted by atomic mass is 9.92. The van der Waals surface area contributed by atoms with Crippen LogP contribution in [0.5, 0.6) is 0 Å². The van der Waals surface area contributed by atoms with Gasteiger partial charge in [-0.1, -0.05) is 112 Å². The summed E-state index contributed by atoms with van der Waals surface area (Å²) < 4.78 is 8.87. The number of aryl methyl sites for hydroxylation is 2. The lowest BCUT2D eigenvalue weighted by Crippen LogP contribution is -2.39. The molecule has 7 aromatic rings. The van der Waals surface area contributed by atoms with Crippen molar-refractivity contribution >= 4 is 41.4 Å². The summed E-state index contributed by atoms with van der Waals surface area (Å²) in [5.74, 6) is 0. The monoisotopic (exact) mass is 822 g/mol. The van der Waals surface area contributed by atoms with Crippen molar-refractivity contribution in [2.24, 2.45) is 0 Å². The number of aromatic amines is 1. The summed E-state index contributed by atoms with van der Waals surface area (Å²) in [5, 5.41) is 12.0. The number of H-pyrrole nitrogens is 1. The second-order valence-corrected chi connectivity index (χ2v) is 14.4. The average Bonchev–Trinajstić information content (AvgIpc) is 3.87. The molecule has 9 rings (SSSR count). The van der Waals surface area contributed by atoms with E-state index < -0.39 is 0 Å². The fourth-order valence-corrected chi connectivity index (χ4v) is 7.47. The molecule has 2 N–H and O–H groups in total. The number of nitrogens with zero attached hydrogens (tertiary/aromatic N) is 6. The van der Waals surface area contributed by atoms with Crippen LogP contribution in [0.4, 0.5) is 4.79 Å². The molecule has 2 atom stereocenters. The Kier molecular flexibility index (Phi) is 14.2. The predicted molar refractivity (Wildman–Crippen MR) is 233 cm³/mol. The molecule has 2 aliphatic heterocycles. The van der Waals surface area contributed by atoms with Gasteiger partial charge in [0.2, 0.25) is 0 Å². The predicted octanol–water partition coefficient (Wildman–Crippen LogP) is 9.55. The minimum atomic E-state index is -0.364. The Morgan fingerprint density at radius 1 is 0.810 bits per heavy atom. The van der Waals surface area contributed by atoms with Gasteiger partial charge in [-0.25, -0.2) is 23.8 Å². The Hall–Kier alpha value is -5.49. The van der Waals surface area contributed by atoms with Crippen LogP contribution in [0.1, 0.15) is 95.1 Å². The number of hydrogen-bond acceptors (Lipinski definition) is 7. The van der Waals surface area contributed by atoms with Crippen molar-refractivity contribution in [1.82, 2.24) is 39.4 Å². The van der Waals surface area contributed by atoms with Crippen LogP contribution in [0.2, 0.25) is 5.15 Å². The van der Waals surface area contributed by atoms with Crippen molar-refractivity contribution in [3.8, 4) is 0 Å². The summed E-state index contributed by atoms with van der Waals surface area (Å²) in [4.78, 5) is 36.4. The topological polar surface area (TPSA) is 122 Å². The van der Waals surface area contributed by atoms with E-state index in [-0.39, 0.29) is 50.2 Å². The molecule has 0 radical (unpaired) electrons. The zero-order valence-corrected chi connectivity index (χ0v) is 34.6. The Bertz CT molecular complexity index is 2580. The van der Waals surface area contributed by atoms with E-state index in [1.165, 1.54) is 16.7 Å². The van der Waals surface area contributed by atoms with E-state index in [1.54, 1.807) is 13.9 Å². The third-order valence-corrected chi connectivity index (χ3v) is 11.1. The Morgan fingerprint density at radius 2 is 1.41 bits per heavy atom. The number of nitrogens with one attached hydrogen (secondary N) is 2. The van der Waals surface area contributed by atoms with Gasteiger partial charge in [0.25, 0.3) is 5.56 Å². The number of ether oxygens (including phenoxy) is 1. The molecule has 0 spiro atoms. The van der Waals surface area contributed by atoms with E-state index in [9.17, 15) is 9.59 Å². The first-order valence-electron chi connectivity index (χ1n) is 19.1. The first kappa shape index (κ1) is 43.6. The minimum Gasteiger partial charge on any atom is -0.445 e. The molecule has 1 amide bonds. The van der Waals surface area contributed by atoms with Gasteiger partial charge in [0, 0.05) is 47.7 Å². The van der Waals surface area contributed by atoms with Gasteiger partial charge < -0.3 is 10.1 Å². The maximum absolute atomic E-state index is 13.2. The highest BCUT2D eigenvalue weighted by molar-refractivity contribution is 6.30. The van der Waals surface area contributed by atoms with E-state index in [4.69, 9.17) is 21.4 Å². The normalized spacial score (nSPS) is 15.4. The number of rotatable bonds is 4. The van der Waals surface area contributed by atoms with Crippen LogP contribution in [-0.4, -0.2) is 40.2 Å². The molecule has 0 bridgehead atoms. The smallest absolute Gasteiger partial charge is 0.410 e. The molecule has 4 aromatic heterocycles. The summed E-state index contributed by atoms with van der Waals surface area (Å²) in [6.45, 7) is 13.1. The molecule has 13 heteroatoms. The lowest BCUT2D eigenvalue weighted by Gasteiger charge is -2.35. The molecule has 58 heavy (non-hydrogen) atoms. The fraction of sp³-hybridized carbons (Fsp3) is 0.311. The molecule has 0 aliphatic carbocycles. The van der Waals surface area contributed by atoms with Gasteiger partial charge in [0.1, 0.15) is 11.8 Å². The van der Waals surface area contributed by atoms with Crippen LogP contribution in [0, 0.1) is 27.7 Å². The molecule has 0 fully saturated rings. The summed E-state index contributed by atoms with van der Waals surface area (Å²) in [6.07, 6.45) is 1.20. The van der Waals surface area contributed by atoms with E-state index in [0.29, 0.717) is 35.0 Å². The highest BCUT2D eigenvalue weighted by Gasteiger charge is 2.34. The second-order valence-electron chi connectivity index (χ2n) is 14.0. The molecule has 2 aliphatic rings. The Labute approximate surface area is 350 Å². The largest absolute Gasteiger partial charge is 0.445 e. The van der Waals surface area contributed by atoms with Crippen LogP contribution in [0.15, 0.2) is 95.8 Å². The average molecular weight is 824 g/mol. The maximum atomic E-state index is 13.2. The molecule has 0 saturated carbocycles. The van der Waals surface area contributed by atoms with Gasteiger partial charge in [0.05, 0.1) is 23.5 Å². The van der Waals surface area contributed by atoms with Crippen LogP contribution in [-0.2, 0) is 37.3 Å². The zero-order chi connectivity index (χ0) is 39.5. The van der Waals surface area contributed by atoms with Crippen LogP contribution < -0.4 is 10.9 Å². The van der Waals surface area contributed by atoms with Gasteiger partial charge >= 0.3 is 6.09 Å².